The highest BCUT2D eigenvalue weighted by Crippen LogP contribution is 2.10. The first kappa shape index (κ1) is 17.1. The minimum Gasteiger partial charge on any atom is -0.339 e. The van der Waals surface area contributed by atoms with Crippen molar-refractivity contribution in [1.29, 1.82) is 0 Å². The Morgan fingerprint density at radius 1 is 1.16 bits per heavy atom. The number of carbonyl (C=O) groups is 1. The summed E-state index contributed by atoms with van der Waals surface area (Å²) in [5, 5.41) is 3.09. The molecular weight excluding hydrogens is 316 g/mol. The summed E-state index contributed by atoms with van der Waals surface area (Å²) in [5.74, 6) is 0.731. The number of urea groups is 1. The fourth-order valence-corrected chi connectivity index (χ4v) is 3.00. The Kier molecular flexibility index (Phi) is 5.77. The molecule has 1 aliphatic rings. The van der Waals surface area contributed by atoms with Crippen LogP contribution in [-0.4, -0.2) is 58.1 Å². The smallest absolute Gasteiger partial charge is 0.317 e. The normalized spacial score (nSPS) is 16.2. The first-order valence-electron chi connectivity index (χ1n) is 8.68. The zero-order valence-electron chi connectivity index (χ0n) is 14.5. The third-order valence-corrected chi connectivity index (χ3v) is 4.25. The van der Waals surface area contributed by atoms with Gasteiger partial charge in [0.25, 0.3) is 0 Å². The van der Waals surface area contributed by atoms with Gasteiger partial charge in [0.15, 0.2) is 0 Å². The molecule has 0 spiro atoms. The predicted molar refractivity (Wildman–Crippen MR) is 96.4 cm³/mol. The lowest BCUT2D eigenvalue weighted by Crippen LogP contribution is -2.46. The van der Waals surface area contributed by atoms with Crippen molar-refractivity contribution < 1.29 is 4.79 Å². The largest absolute Gasteiger partial charge is 0.339 e. The number of nitrogens with one attached hydrogen (secondary N) is 1. The zero-order valence-corrected chi connectivity index (χ0v) is 14.5. The number of aromatic nitrogens is 3. The maximum Gasteiger partial charge on any atom is 0.317 e. The van der Waals surface area contributed by atoms with Crippen LogP contribution in [0.2, 0.25) is 0 Å². The van der Waals surface area contributed by atoms with E-state index in [0.29, 0.717) is 6.54 Å². The highest BCUT2D eigenvalue weighted by Gasteiger charge is 2.21. The molecule has 0 unspecified atom stereocenters. The van der Waals surface area contributed by atoms with Gasteiger partial charge in [-0.2, -0.15) is 0 Å². The summed E-state index contributed by atoms with van der Waals surface area (Å²) in [6.45, 7) is 5.04. The standard InChI is InChI=1S/C18H24N6O/c1-15(13-16-5-2-6-19-14-16)22-18(25)24-10-4-9-23(11-12-24)17-20-7-3-8-21-17/h2-3,5-8,14-15H,4,9-13H2,1H3,(H,22,25)/t15-/m1/s1. The SMILES string of the molecule is C[C@H](Cc1cccnc1)NC(=O)N1CCCN(c2ncccn2)CC1. The van der Waals surface area contributed by atoms with E-state index < -0.39 is 0 Å². The highest BCUT2D eigenvalue weighted by molar-refractivity contribution is 5.74. The molecule has 1 N–H and O–H groups in total. The number of carbonyl (C=O) groups excluding carboxylic acids is 1. The van der Waals surface area contributed by atoms with Crippen LogP contribution in [0.4, 0.5) is 10.7 Å². The second kappa shape index (κ2) is 8.41. The Balaban J connectivity index is 1.51. The summed E-state index contributed by atoms with van der Waals surface area (Å²) in [7, 11) is 0. The first-order chi connectivity index (χ1) is 12.2. The molecule has 1 atom stereocenters. The molecule has 2 aromatic rings. The molecule has 7 heteroatoms. The van der Waals surface area contributed by atoms with Crippen molar-refractivity contribution in [3.8, 4) is 0 Å². The molecule has 0 aliphatic carbocycles. The molecule has 0 saturated carbocycles. The van der Waals surface area contributed by atoms with Crippen molar-refractivity contribution >= 4 is 12.0 Å². The monoisotopic (exact) mass is 340 g/mol. The molecule has 7 nitrogen and oxygen atoms in total. The molecule has 132 valence electrons. The number of pyridine rings is 1. The number of nitrogens with zero attached hydrogens (tertiary/aromatic N) is 5. The lowest BCUT2D eigenvalue weighted by molar-refractivity contribution is 0.198. The Bertz CT molecular complexity index is 666. The van der Waals surface area contributed by atoms with Crippen molar-refractivity contribution in [2.75, 3.05) is 31.1 Å². The second-order valence-electron chi connectivity index (χ2n) is 6.29. The summed E-state index contributed by atoms with van der Waals surface area (Å²) in [6, 6.07) is 5.81. The molecule has 3 heterocycles. The minimum absolute atomic E-state index is 0.00720. The average molecular weight is 340 g/mol. The van der Waals surface area contributed by atoms with E-state index in [-0.39, 0.29) is 12.1 Å². The van der Waals surface area contributed by atoms with E-state index in [9.17, 15) is 4.79 Å². The van der Waals surface area contributed by atoms with E-state index in [1.165, 1.54) is 0 Å². The molecule has 0 aromatic carbocycles. The van der Waals surface area contributed by atoms with Gasteiger partial charge in [-0.25, -0.2) is 14.8 Å². The highest BCUT2D eigenvalue weighted by atomic mass is 16.2. The molecule has 2 amide bonds. The van der Waals surface area contributed by atoms with Crippen LogP contribution in [0.15, 0.2) is 43.0 Å². The first-order valence-corrected chi connectivity index (χ1v) is 8.68. The third kappa shape index (κ3) is 4.89. The number of hydrogen-bond donors (Lipinski definition) is 1. The second-order valence-corrected chi connectivity index (χ2v) is 6.29. The molecule has 1 fully saturated rings. The zero-order chi connectivity index (χ0) is 17.5. The molecular formula is C18H24N6O. The van der Waals surface area contributed by atoms with Crippen LogP contribution in [0.3, 0.4) is 0 Å². The fourth-order valence-electron chi connectivity index (χ4n) is 3.00. The van der Waals surface area contributed by atoms with Crippen LogP contribution in [0.1, 0.15) is 18.9 Å². The molecule has 2 aromatic heterocycles. The molecule has 3 rings (SSSR count). The van der Waals surface area contributed by atoms with E-state index in [1.54, 1.807) is 18.6 Å². The van der Waals surface area contributed by atoms with Gasteiger partial charge in [-0.05, 0) is 37.5 Å². The number of amides is 2. The van der Waals surface area contributed by atoms with Crippen molar-refractivity contribution in [2.24, 2.45) is 0 Å². The van der Waals surface area contributed by atoms with Gasteiger partial charge in [0.1, 0.15) is 0 Å². The molecule has 1 aliphatic heterocycles. The summed E-state index contributed by atoms with van der Waals surface area (Å²) in [6.07, 6.45) is 8.77. The maximum absolute atomic E-state index is 12.5. The number of anilines is 1. The van der Waals surface area contributed by atoms with E-state index in [1.807, 2.05) is 36.2 Å². The van der Waals surface area contributed by atoms with E-state index in [2.05, 4.69) is 25.2 Å². The van der Waals surface area contributed by atoms with E-state index in [4.69, 9.17) is 0 Å². The number of hydrogen-bond acceptors (Lipinski definition) is 5. The van der Waals surface area contributed by atoms with Gasteiger partial charge >= 0.3 is 6.03 Å². The lowest BCUT2D eigenvalue weighted by atomic mass is 10.1. The lowest BCUT2D eigenvalue weighted by Gasteiger charge is -2.24. The average Bonchev–Trinajstić information content (AvgIpc) is 2.89. The predicted octanol–water partition coefficient (Wildman–Crippen LogP) is 1.72. The number of rotatable bonds is 4. The van der Waals surface area contributed by atoms with E-state index in [0.717, 1.165) is 44.0 Å². The topological polar surface area (TPSA) is 74.2 Å². The Hall–Kier alpha value is -2.70. The van der Waals surface area contributed by atoms with Gasteiger partial charge in [0.2, 0.25) is 5.95 Å². The fraction of sp³-hybridized carbons (Fsp3) is 0.444. The Morgan fingerprint density at radius 2 is 2.00 bits per heavy atom. The van der Waals surface area contributed by atoms with Crippen LogP contribution in [0.5, 0.6) is 0 Å². The molecule has 0 radical (unpaired) electrons. The summed E-state index contributed by atoms with van der Waals surface area (Å²) >= 11 is 0. The van der Waals surface area contributed by atoms with Crippen LogP contribution in [0, 0.1) is 0 Å². The van der Waals surface area contributed by atoms with Gasteiger partial charge in [-0.3, -0.25) is 4.98 Å². The quantitative estimate of drug-likeness (QED) is 0.917. The van der Waals surface area contributed by atoms with Gasteiger partial charge < -0.3 is 15.1 Å². The van der Waals surface area contributed by atoms with Gasteiger partial charge in [-0.15, -0.1) is 0 Å². The molecule has 0 bridgehead atoms. The van der Waals surface area contributed by atoms with Crippen molar-refractivity contribution in [2.45, 2.75) is 25.8 Å². The van der Waals surface area contributed by atoms with Crippen LogP contribution < -0.4 is 10.2 Å². The van der Waals surface area contributed by atoms with Crippen LogP contribution >= 0.6 is 0 Å². The van der Waals surface area contributed by atoms with Gasteiger partial charge in [0.05, 0.1) is 0 Å². The van der Waals surface area contributed by atoms with Crippen molar-refractivity contribution in [3.05, 3.63) is 48.5 Å². The van der Waals surface area contributed by atoms with Crippen LogP contribution in [0.25, 0.3) is 0 Å². The van der Waals surface area contributed by atoms with E-state index >= 15 is 0 Å². The van der Waals surface area contributed by atoms with Gasteiger partial charge in [-0.1, -0.05) is 6.07 Å². The molecule has 25 heavy (non-hydrogen) atoms. The van der Waals surface area contributed by atoms with Crippen molar-refractivity contribution in [3.63, 3.8) is 0 Å². The van der Waals surface area contributed by atoms with Crippen molar-refractivity contribution in [1.82, 2.24) is 25.2 Å². The summed E-state index contributed by atoms with van der Waals surface area (Å²) in [4.78, 5) is 29.3. The Labute approximate surface area is 148 Å². The van der Waals surface area contributed by atoms with Gasteiger partial charge in [0, 0.05) is 57.0 Å². The maximum atomic E-state index is 12.5. The van der Waals surface area contributed by atoms with Crippen LogP contribution in [-0.2, 0) is 6.42 Å². The third-order valence-electron chi connectivity index (χ3n) is 4.25. The summed E-state index contributed by atoms with van der Waals surface area (Å²) < 4.78 is 0. The summed E-state index contributed by atoms with van der Waals surface area (Å²) in [5.41, 5.74) is 1.12. The molecule has 1 saturated heterocycles. The Morgan fingerprint density at radius 3 is 2.76 bits per heavy atom. The minimum atomic E-state index is -0.00720.